The molecule has 0 unspecified atom stereocenters. The molecule has 0 radical (unpaired) electrons. The zero-order valence-corrected chi connectivity index (χ0v) is 17.1. The number of fused-ring (bicyclic) bond motifs is 2. The number of rotatable bonds is 2. The van der Waals surface area contributed by atoms with Gasteiger partial charge in [0.05, 0.1) is 5.69 Å². The second kappa shape index (κ2) is 7.08. The minimum atomic E-state index is 0.782. The summed E-state index contributed by atoms with van der Waals surface area (Å²) in [6.07, 6.45) is 5.90. The number of nitrogens with zero attached hydrogens (tertiary/aromatic N) is 1. The molecule has 1 nitrogen and oxygen atoms in total. The fraction of sp³-hybridized carbons (Fsp3) is 0.316. The second-order valence-electron chi connectivity index (χ2n) is 5.77. The first-order chi connectivity index (χ1) is 11.0. The van der Waals surface area contributed by atoms with E-state index in [1.54, 1.807) is 0 Å². The molecule has 0 spiro atoms. The van der Waals surface area contributed by atoms with Crippen LogP contribution in [0.25, 0.3) is 5.57 Å². The van der Waals surface area contributed by atoms with Gasteiger partial charge in [0, 0.05) is 31.3 Å². The standard InChI is InChI=1S/C19H18Br2ClN/c1-3-11(4-2)18-17-12(8-15(22)9-16(17)21)5-6-13-7-14(20)10-23-19(13)18/h7-10H,3-6H2,1-2H3. The summed E-state index contributed by atoms with van der Waals surface area (Å²) in [5.74, 6) is 0. The van der Waals surface area contributed by atoms with Gasteiger partial charge in [-0.3, -0.25) is 4.98 Å². The van der Waals surface area contributed by atoms with Crippen LogP contribution in [0.5, 0.6) is 0 Å². The molecule has 0 bridgehead atoms. The van der Waals surface area contributed by atoms with Gasteiger partial charge in [-0.25, -0.2) is 0 Å². The van der Waals surface area contributed by atoms with Crippen molar-refractivity contribution < 1.29 is 0 Å². The maximum absolute atomic E-state index is 6.30. The van der Waals surface area contributed by atoms with E-state index in [9.17, 15) is 0 Å². The number of hydrogen-bond donors (Lipinski definition) is 0. The van der Waals surface area contributed by atoms with E-state index in [2.05, 4.69) is 57.8 Å². The fourth-order valence-electron chi connectivity index (χ4n) is 3.34. The summed E-state index contributed by atoms with van der Waals surface area (Å²) in [6, 6.07) is 6.30. The lowest BCUT2D eigenvalue weighted by molar-refractivity contribution is 0.952. The molecule has 1 heterocycles. The van der Waals surface area contributed by atoms with E-state index in [0.29, 0.717) is 0 Å². The lowest BCUT2D eigenvalue weighted by Gasteiger charge is -2.18. The molecule has 4 heteroatoms. The lowest BCUT2D eigenvalue weighted by Crippen LogP contribution is -2.01. The van der Waals surface area contributed by atoms with Gasteiger partial charge in [-0.2, -0.15) is 0 Å². The van der Waals surface area contributed by atoms with Gasteiger partial charge in [-0.15, -0.1) is 0 Å². The molecule has 0 atom stereocenters. The number of pyridine rings is 1. The maximum Gasteiger partial charge on any atom is 0.0740 e. The Labute approximate surface area is 159 Å². The van der Waals surface area contributed by atoms with Crippen LogP contribution in [0.4, 0.5) is 0 Å². The largest absolute Gasteiger partial charge is 0.255 e. The van der Waals surface area contributed by atoms with Crippen LogP contribution in [-0.2, 0) is 12.8 Å². The summed E-state index contributed by atoms with van der Waals surface area (Å²) in [4.78, 5) is 4.78. The third-order valence-corrected chi connectivity index (χ3v) is 5.70. The maximum atomic E-state index is 6.30. The van der Waals surface area contributed by atoms with E-state index in [4.69, 9.17) is 16.6 Å². The number of allylic oxidation sites excluding steroid dienone is 1. The third kappa shape index (κ3) is 3.29. The molecular formula is C19H18Br2ClN. The summed E-state index contributed by atoms with van der Waals surface area (Å²) < 4.78 is 2.10. The average Bonchev–Trinajstić information content (AvgIpc) is 2.66. The van der Waals surface area contributed by atoms with Crippen molar-refractivity contribution in [2.24, 2.45) is 0 Å². The quantitative estimate of drug-likeness (QED) is 0.476. The highest BCUT2D eigenvalue weighted by Gasteiger charge is 2.24. The fourth-order valence-corrected chi connectivity index (χ4v) is 4.79. The minimum absolute atomic E-state index is 0.782. The zero-order chi connectivity index (χ0) is 16.6. The van der Waals surface area contributed by atoms with Crippen molar-refractivity contribution in [1.82, 2.24) is 4.98 Å². The van der Waals surface area contributed by atoms with E-state index < -0.39 is 0 Å². The van der Waals surface area contributed by atoms with Gasteiger partial charge in [0.2, 0.25) is 0 Å². The van der Waals surface area contributed by atoms with Crippen molar-refractivity contribution >= 4 is 49.0 Å². The highest BCUT2D eigenvalue weighted by molar-refractivity contribution is 9.10. The van der Waals surface area contributed by atoms with Gasteiger partial charge in [0.15, 0.2) is 0 Å². The first-order valence-electron chi connectivity index (χ1n) is 7.90. The van der Waals surface area contributed by atoms with Crippen molar-refractivity contribution in [3.8, 4) is 0 Å². The van der Waals surface area contributed by atoms with E-state index in [1.807, 2.05) is 12.3 Å². The average molecular weight is 456 g/mol. The van der Waals surface area contributed by atoms with E-state index >= 15 is 0 Å². The van der Waals surface area contributed by atoms with Crippen LogP contribution < -0.4 is 0 Å². The molecule has 0 N–H and O–H groups in total. The molecule has 0 saturated heterocycles. The SMILES string of the molecule is CCC(CC)=C1c2ncc(Br)cc2CCc2cc(Cl)cc(Br)c21. The highest BCUT2D eigenvalue weighted by Crippen LogP contribution is 2.41. The molecule has 0 amide bonds. The Morgan fingerprint density at radius 3 is 2.48 bits per heavy atom. The first-order valence-corrected chi connectivity index (χ1v) is 9.86. The Hall–Kier alpha value is -0.640. The lowest BCUT2D eigenvalue weighted by atomic mass is 9.91. The van der Waals surface area contributed by atoms with E-state index in [1.165, 1.54) is 27.8 Å². The van der Waals surface area contributed by atoms with Crippen LogP contribution >= 0.6 is 43.5 Å². The Kier molecular flexibility index (Phi) is 5.29. The number of hydrogen-bond acceptors (Lipinski definition) is 1. The Bertz CT molecular complexity index is 790. The van der Waals surface area contributed by atoms with Gasteiger partial charge < -0.3 is 0 Å². The minimum Gasteiger partial charge on any atom is -0.255 e. The summed E-state index contributed by atoms with van der Waals surface area (Å²) >= 11 is 13.6. The molecular weight excluding hydrogens is 437 g/mol. The van der Waals surface area contributed by atoms with E-state index in [0.717, 1.165) is 45.3 Å². The summed E-state index contributed by atoms with van der Waals surface area (Å²) in [5, 5.41) is 0.782. The molecule has 0 fully saturated rings. The molecule has 0 aliphatic heterocycles. The van der Waals surface area contributed by atoms with Gasteiger partial charge in [-0.05, 0) is 70.9 Å². The molecule has 3 rings (SSSR count). The normalized spacial score (nSPS) is 13.3. The molecule has 1 aromatic heterocycles. The van der Waals surface area contributed by atoms with Crippen LogP contribution in [-0.4, -0.2) is 4.98 Å². The molecule has 23 heavy (non-hydrogen) atoms. The molecule has 1 aromatic carbocycles. The molecule has 1 aliphatic carbocycles. The number of halogens is 3. The smallest absolute Gasteiger partial charge is 0.0740 e. The summed E-state index contributed by atoms with van der Waals surface area (Å²) in [6.45, 7) is 4.44. The van der Waals surface area contributed by atoms with Gasteiger partial charge in [-0.1, -0.05) is 47.0 Å². The number of benzene rings is 1. The van der Waals surface area contributed by atoms with Crippen molar-refractivity contribution in [2.75, 3.05) is 0 Å². The van der Waals surface area contributed by atoms with Gasteiger partial charge in [0.25, 0.3) is 0 Å². The van der Waals surface area contributed by atoms with Crippen molar-refractivity contribution in [3.05, 3.63) is 66.3 Å². The van der Waals surface area contributed by atoms with Crippen molar-refractivity contribution in [3.63, 3.8) is 0 Å². The summed E-state index contributed by atoms with van der Waals surface area (Å²) in [7, 11) is 0. The van der Waals surface area contributed by atoms with Gasteiger partial charge >= 0.3 is 0 Å². The molecule has 2 aromatic rings. The Morgan fingerprint density at radius 2 is 1.78 bits per heavy atom. The van der Waals surface area contributed by atoms with Crippen molar-refractivity contribution in [2.45, 2.75) is 39.5 Å². The third-order valence-electron chi connectivity index (χ3n) is 4.43. The Balaban J connectivity index is 2.38. The van der Waals surface area contributed by atoms with Gasteiger partial charge in [0.1, 0.15) is 0 Å². The highest BCUT2D eigenvalue weighted by atomic mass is 79.9. The first kappa shape index (κ1) is 17.2. The zero-order valence-electron chi connectivity index (χ0n) is 13.2. The van der Waals surface area contributed by atoms with Crippen LogP contribution in [0.2, 0.25) is 5.02 Å². The number of aromatic nitrogens is 1. The van der Waals surface area contributed by atoms with Crippen molar-refractivity contribution in [1.29, 1.82) is 0 Å². The predicted molar refractivity (Wildman–Crippen MR) is 105 cm³/mol. The number of aryl methyl sites for hydroxylation is 2. The van der Waals surface area contributed by atoms with Crippen LogP contribution in [0.1, 0.15) is 49.1 Å². The van der Waals surface area contributed by atoms with Crippen LogP contribution in [0.3, 0.4) is 0 Å². The molecule has 120 valence electrons. The topological polar surface area (TPSA) is 12.9 Å². The molecule has 0 saturated carbocycles. The Morgan fingerprint density at radius 1 is 1.09 bits per heavy atom. The van der Waals surface area contributed by atoms with Crippen LogP contribution in [0, 0.1) is 0 Å². The van der Waals surface area contributed by atoms with E-state index in [-0.39, 0.29) is 0 Å². The summed E-state index contributed by atoms with van der Waals surface area (Å²) in [5.41, 5.74) is 7.71. The predicted octanol–water partition coefficient (Wildman–Crippen LogP) is 6.98. The monoisotopic (exact) mass is 453 g/mol. The second-order valence-corrected chi connectivity index (χ2v) is 7.98. The van der Waals surface area contributed by atoms with Crippen LogP contribution in [0.15, 0.2) is 38.9 Å². The molecule has 1 aliphatic rings.